The fourth-order valence-corrected chi connectivity index (χ4v) is 4.28. The van der Waals surface area contributed by atoms with E-state index in [4.69, 9.17) is 26.4 Å². The first kappa shape index (κ1) is 19.2. The maximum absolute atomic E-state index is 12.7. The number of hydrogen-bond donors (Lipinski definition) is 1. The number of thiocarbonyl (C=S) groups is 1. The van der Waals surface area contributed by atoms with Gasteiger partial charge in [0.05, 0.1) is 18.1 Å². The van der Waals surface area contributed by atoms with Crippen molar-refractivity contribution in [2.75, 3.05) is 39.6 Å². The first-order chi connectivity index (χ1) is 13.6. The second kappa shape index (κ2) is 8.48. The van der Waals surface area contributed by atoms with Gasteiger partial charge in [0.2, 0.25) is 12.7 Å². The smallest absolute Gasteiger partial charge is 0.266 e. The van der Waals surface area contributed by atoms with Gasteiger partial charge in [-0.2, -0.15) is 0 Å². The second-order valence-electron chi connectivity index (χ2n) is 6.33. The molecule has 1 aromatic carbocycles. The average Bonchev–Trinajstić information content (AvgIpc) is 3.25. The summed E-state index contributed by atoms with van der Waals surface area (Å²) in [5.74, 6) is 1.02. The molecule has 1 aromatic rings. The molecule has 0 atom stereocenters. The molecule has 2 fully saturated rings. The highest BCUT2D eigenvalue weighted by Gasteiger charge is 2.32. The number of benzene rings is 1. The van der Waals surface area contributed by atoms with Gasteiger partial charge in [0.1, 0.15) is 4.32 Å². The quantitative estimate of drug-likeness (QED) is 0.564. The van der Waals surface area contributed by atoms with Crippen LogP contribution in [0.2, 0.25) is 0 Å². The minimum Gasteiger partial charge on any atom is -0.454 e. The molecule has 0 bridgehead atoms. The van der Waals surface area contributed by atoms with E-state index in [9.17, 15) is 9.59 Å². The molecule has 0 aromatic heterocycles. The molecule has 2 saturated heterocycles. The zero-order valence-corrected chi connectivity index (χ0v) is 16.6. The minimum atomic E-state index is -0.188. The molecule has 10 heteroatoms. The van der Waals surface area contributed by atoms with Crippen LogP contribution >= 0.6 is 24.0 Å². The van der Waals surface area contributed by atoms with Gasteiger partial charge in [-0.1, -0.05) is 30.0 Å². The van der Waals surface area contributed by atoms with E-state index in [-0.39, 0.29) is 31.6 Å². The summed E-state index contributed by atoms with van der Waals surface area (Å²) < 4.78 is 16.4. The van der Waals surface area contributed by atoms with Gasteiger partial charge >= 0.3 is 0 Å². The highest BCUT2D eigenvalue weighted by Crippen LogP contribution is 2.36. The summed E-state index contributed by atoms with van der Waals surface area (Å²) in [4.78, 5) is 26.8. The molecule has 3 aliphatic heterocycles. The third kappa shape index (κ3) is 4.30. The zero-order chi connectivity index (χ0) is 19.5. The number of carbonyl (C=O) groups excluding carboxylic acids is 2. The molecule has 3 aliphatic rings. The lowest BCUT2D eigenvalue weighted by Crippen LogP contribution is -2.49. The van der Waals surface area contributed by atoms with Crippen molar-refractivity contribution in [1.82, 2.24) is 15.3 Å². The van der Waals surface area contributed by atoms with Crippen LogP contribution in [0.3, 0.4) is 0 Å². The van der Waals surface area contributed by atoms with E-state index in [1.54, 1.807) is 6.08 Å². The summed E-state index contributed by atoms with van der Waals surface area (Å²) in [6.07, 6.45) is 1.95. The fourth-order valence-electron chi connectivity index (χ4n) is 2.97. The van der Waals surface area contributed by atoms with E-state index >= 15 is 0 Å². The Hall–Kier alpha value is -2.14. The fraction of sp³-hybridized carbons (Fsp3) is 0.389. The van der Waals surface area contributed by atoms with Crippen molar-refractivity contribution in [3.8, 4) is 11.5 Å². The first-order valence-electron chi connectivity index (χ1n) is 8.87. The molecule has 148 valence electrons. The van der Waals surface area contributed by atoms with Gasteiger partial charge in [-0.15, -0.1) is 0 Å². The predicted octanol–water partition coefficient (Wildman–Crippen LogP) is 1.37. The molecule has 1 N–H and O–H groups in total. The van der Waals surface area contributed by atoms with Crippen LogP contribution in [0.1, 0.15) is 12.0 Å². The molecule has 8 nitrogen and oxygen atoms in total. The molecule has 28 heavy (non-hydrogen) atoms. The van der Waals surface area contributed by atoms with Gasteiger partial charge in [0.25, 0.3) is 5.91 Å². The highest BCUT2D eigenvalue weighted by atomic mass is 32.2. The Bertz CT molecular complexity index is 839. The SMILES string of the molecule is O=C(CCN1C(=O)C(=Cc2ccc3c(c2)OCO3)SC1=S)NN1CCOCC1. The van der Waals surface area contributed by atoms with Crippen molar-refractivity contribution in [2.45, 2.75) is 6.42 Å². The Morgan fingerprint density at radius 2 is 2.04 bits per heavy atom. The van der Waals surface area contributed by atoms with Gasteiger partial charge in [0, 0.05) is 26.1 Å². The van der Waals surface area contributed by atoms with E-state index in [1.807, 2.05) is 23.2 Å². The van der Waals surface area contributed by atoms with Crippen molar-refractivity contribution in [3.63, 3.8) is 0 Å². The van der Waals surface area contributed by atoms with Crippen molar-refractivity contribution in [2.24, 2.45) is 0 Å². The molecule has 0 aliphatic carbocycles. The summed E-state index contributed by atoms with van der Waals surface area (Å²) in [7, 11) is 0. The number of nitrogens with one attached hydrogen (secondary N) is 1. The Morgan fingerprint density at radius 1 is 1.25 bits per heavy atom. The third-order valence-corrected chi connectivity index (χ3v) is 5.80. The summed E-state index contributed by atoms with van der Waals surface area (Å²) in [6, 6.07) is 5.49. The molecule has 2 amide bonds. The number of carbonyl (C=O) groups is 2. The molecule has 0 radical (unpaired) electrons. The van der Waals surface area contributed by atoms with Gasteiger partial charge in [0.15, 0.2) is 11.5 Å². The van der Waals surface area contributed by atoms with E-state index in [0.29, 0.717) is 47.0 Å². The number of morpholine rings is 1. The summed E-state index contributed by atoms with van der Waals surface area (Å²) in [6.45, 7) is 2.96. The highest BCUT2D eigenvalue weighted by molar-refractivity contribution is 8.26. The zero-order valence-electron chi connectivity index (χ0n) is 15.0. The third-order valence-electron chi connectivity index (χ3n) is 4.42. The van der Waals surface area contributed by atoms with E-state index < -0.39 is 0 Å². The number of hydrogen-bond acceptors (Lipinski definition) is 8. The van der Waals surface area contributed by atoms with Crippen molar-refractivity contribution in [1.29, 1.82) is 0 Å². The number of fused-ring (bicyclic) bond motifs is 1. The largest absolute Gasteiger partial charge is 0.454 e. The van der Waals surface area contributed by atoms with Gasteiger partial charge < -0.3 is 14.2 Å². The number of ether oxygens (including phenoxy) is 3. The van der Waals surface area contributed by atoms with Crippen LogP contribution in [-0.2, 0) is 14.3 Å². The Kier molecular flexibility index (Phi) is 5.81. The standard InChI is InChI=1S/C18H19N3O5S2/c22-16(19-20-5-7-24-8-6-20)3-4-21-17(23)15(28-18(21)27)10-12-1-2-13-14(9-12)26-11-25-13/h1-2,9-10H,3-8,11H2,(H,19,22). The lowest BCUT2D eigenvalue weighted by molar-refractivity contribution is -0.128. The van der Waals surface area contributed by atoms with E-state index in [1.165, 1.54) is 16.7 Å². The maximum atomic E-state index is 12.7. The van der Waals surface area contributed by atoms with Gasteiger partial charge in [-0.05, 0) is 23.8 Å². The lowest BCUT2D eigenvalue weighted by Gasteiger charge is -2.27. The predicted molar refractivity (Wildman–Crippen MR) is 108 cm³/mol. The van der Waals surface area contributed by atoms with Crippen molar-refractivity contribution in [3.05, 3.63) is 28.7 Å². The average molecular weight is 422 g/mol. The van der Waals surface area contributed by atoms with Crippen LogP contribution in [0.4, 0.5) is 0 Å². The maximum Gasteiger partial charge on any atom is 0.266 e. The van der Waals surface area contributed by atoms with Crippen LogP contribution in [-0.4, -0.2) is 65.7 Å². The number of hydrazine groups is 1. The summed E-state index contributed by atoms with van der Waals surface area (Å²) >= 11 is 6.56. The molecule has 3 heterocycles. The molecule has 0 spiro atoms. The lowest BCUT2D eigenvalue weighted by atomic mass is 10.2. The van der Waals surface area contributed by atoms with Crippen molar-refractivity contribution < 1.29 is 23.8 Å². The number of thioether (sulfide) groups is 1. The summed E-state index contributed by atoms with van der Waals surface area (Å²) in [5, 5.41) is 1.83. The van der Waals surface area contributed by atoms with E-state index in [0.717, 1.165) is 5.56 Å². The van der Waals surface area contributed by atoms with Crippen LogP contribution in [0, 0.1) is 0 Å². The van der Waals surface area contributed by atoms with Crippen LogP contribution in [0.5, 0.6) is 11.5 Å². The molecular formula is C18H19N3O5S2. The minimum absolute atomic E-state index is 0.143. The monoisotopic (exact) mass is 421 g/mol. The Labute approximate surface area is 171 Å². The number of nitrogens with zero attached hydrogens (tertiary/aromatic N) is 2. The summed E-state index contributed by atoms with van der Waals surface area (Å²) in [5.41, 5.74) is 3.66. The molecule has 4 rings (SSSR count). The van der Waals surface area contributed by atoms with Crippen LogP contribution < -0.4 is 14.9 Å². The second-order valence-corrected chi connectivity index (χ2v) is 8.01. The van der Waals surface area contributed by atoms with Crippen LogP contribution in [0.25, 0.3) is 6.08 Å². The Balaban J connectivity index is 1.35. The molecular weight excluding hydrogens is 402 g/mol. The Morgan fingerprint density at radius 3 is 2.86 bits per heavy atom. The molecule has 0 unspecified atom stereocenters. The number of rotatable bonds is 5. The topological polar surface area (TPSA) is 80.3 Å². The number of amides is 2. The van der Waals surface area contributed by atoms with Crippen LogP contribution in [0.15, 0.2) is 23.1 Å². The van der Waals surface area contributed by atoms with Gasteiger partial charge in [-0.3, -0.25) is 19.9 Å². The normalized spacial score (nSPS) is 20.9. The van der Waals surface area contributed by atoms with Gasteiger partial charge in [-0.25, -0.2) is 5.01 Å². The first-order valence-corrected chi connectivity index (χ1v) is 10.1. The van der Waals surface area contributed by atoms with E-state index in [2.05, 4.69) is 5.43 Å². The van der Waals surface area contributed by atoms with Crippen molar-refractivity contribution >= 4 is 46.2 Å². The molecule has 0 saturated carbocycles.